The van der Waals surface area contributed by atoms with E-state index in [-0.39, 0.29) is 5.92 Å². The topological polar surface area (TPSA) is 82.6 Å². The van der Waals surface area contributed by atoms with Crippen molar-refractivity contribution in [3.63, 3.8) is 0 Å². The van der Waals surface area contributed by atoms with E-state index in [0.29, 0.717) is 25.0 Å². The maximum absolute atomic E-state index is 12.4. The van der Waals surface area contributed by atoms with Crippen LogP contribution in [0.2, 0.25) is 0 Å². The monoisotopic (exact) mass is 529 g/mol. The molecule has 5 rings (SSSR count). The van der Waals surface area contributed by atoms with Crippen molar-refractivity contribution >= 4 is 33.6 Å². The summed E-state index contributed by atoms with van der Waals surface area (Å²) >= 11 is 1.73. The molecular formula is C30H35N5O2S. The second kappa shape index (κ2) is 11.4. The number of aryl methyl sites for hydroxylation is 2. The molecule has 1 aliphatic rings. The average Bonchev–Trinajstić information content (AvgIpc) is 3.63. The lowest BCUT2D eigenvalue weighted by Gasteiger charge is -2.24. The van der Waals surface area contributed by atoms with Gasteiger partial charge in [-0.3, -0.25) is 4.98 Å². The van der Waals surface area contributed by atoms with Gasteiger partial charge in [-0.15, -0.1) is 16.3 Å². The van der Waals surface area contributed by atoms with Crippen LogP contribution in [-0.4, -0.2) is 53.2 Å². The first-order chi connectivity index (χ1) is 18.4. The molecule has 7 nitrogen and oxygen atoms in total. The number of rotatable bonds is 6. The van der Waals surface area contributed by atoms with Gasteiger partial charge in [0.05, 0.1) is 12.3 Å². The van der Waals surface area contributed by atoms with Crippen LogP contribution in [0.25, 0.3) is 21.5 Å². The average molecular weight is 530 g/mol. The Morgan fingerprint density at radius 3 is 2.74 bits per heavy atom. The molecular weight excluding hydrogens is 494 g/mol. The highest BCUT2D eigenvalue weighted by atomic mass is 32.1. The van der Waals surface area contributed by atoms with Crippen LogP contribution in [-0.2, 0) is 4.74 Å². The second-order valence-electron chi connectivity index (χ2n) is 10.1. The van der Waals surface area contributed by atoms with Gasteiger partial charge in [0.2, 0.25) is 5.96 Å². The highest BCUT2D eigenvalue weighted by Crippen LogP contribution is 2.38. The van der Waals surface area contributed by atoms with Crippen LogP contribution in [0.1, 0.15) is 54.4 Å². The third kappa shape index (κ3) is 5.60. The zero-order valence-electron chi connectivity index (χ0n) is 22.5. The first-order valence-electron chi connectivity index (χ1n) is 13.2. The van der Waals surface area contributed by atoms with E-state index in [1.54, 1.807) is 18.3 Å². The Kier molecular flexibility index (Phi) is 7.79. The van der Waals surface area contributed by atoms with E-state index in [9.17, 15) is 4.79 Å². The van der Waals surface area contributed by atoms with Crippen LogP contribution in [0, 0.1) is 13.8 Å². The van der Waals surface area contributed by atoms with E-state index < -0.39 is 6.09 Å². The van der Waals surface area contributed by atoms with Crippen LogP contribution < -0.4 is 5.32 Å². The second-order valence-corrected chi connectivity index (χ2v) is 11.0. The smallest absolute Gasteiger partial charge is 0.436 e. The molecule has 0 aliphatic carbocycles. The van der Waals surface area contributed by atoms with Crippen LogP contribution in [0.15, 0.2) is 59.2 Å². The molecule has 2 atom stereocenters. The maximum atomic E-state index is 12.4. The number of carbonyl (C=O) groups is 1. The maximum Gasteiger partial charge on any atom is 0.436 e. The van der Waals surface area contributed by atoms with Gasteiger partial charge in [0, 0.05) is 49.2 Å². The number of H-pyrrole nitrogens is 1. The number of hydrogen-bond donors (Lipinski definition) is 2. The van der Waals surface area contributed by atoms with Gasteiger partial charge in [-0.1, -0.05) is 24.1 Å². The van der Waals surface area contributed by atoms with Crippen LogP contribution in [0.5, 0.6) is 0 Å². The molecule has 1 saturated heterocycles. The first kappa shape index (κ1) is 26.0. The van der Waals surface area contributed by atoms with Gasteiger partial charge in [-0.2, -0.15) is 0 Å². The molecule has 0 bridgehead atoms. The number of amides is 1. The molecule has 8 heteroatoms. The summed E-state index contributed by atoms with van der Waals surface area (Å²) in [6.45, 7) is 10.8. The fourth-order valence-electron chi connectivity index (χ4n) is 5.46. The number of pyridine rings is 1. The third-order valence-corrected chi connectivity index (χ3v) is 7.99. The van der Waals surface area contributed by atoms with Gasteiger partial charge in [-0.05, 0) is 79.6 Å². The Morgan fingerprint density at radius 2 is 2.00 bits per heavy atom. The van der Waals surface area contributed by atoms with Crippen LogP contribution >= 0.6 is 11.3 Å². The quantitative estimate of drug-likeness (QED) is 0.217. The SMILES string of the molecule is CCOC(=O)N=C(NC[C@@H](C)c1c(-c2cc(C)cc(C)c2)[nH]c2sccc12)N1CCC(c2ccncc2)C1. The molecule has 1 unspecified atom stereocenters. The van der Waals surface area contributed by atoms with E-state index in [4.69, 9.17) is 4.74 Å². The summed E-state index contributed by atoms with van der Waals surface area (Å²) in [4.78, 5) is 27.9. The molecule has 4 heterocycles. The molecule has 0 saturated carbocycles. The van der Waals surface area contributed by atoms with E-state index in [0.717, 1.165) is 25.2 Å². The molecule has 1 amide bonds. The zero-order valence-corrected chi connectivity index (χ0v) is 23.3. The summed E-state index contributed by atoms with van der Waals surface area (Å²) in [5.41, 5.74) is 7.40. The summed E-state index contributed by atoms with van der Waals surface area (Å²) in [6, 6.07) is 13.0. The fourth-order valence-corrected chi connectivity index (χ4v) is 6.27. The predicted molar refractivity (Wildman–Crippen MR) is 155 cm³/mol. The van der Waals surface area contributed by atoms with Gasteiger partial charge >= 0.3 is 6.09 Å². The molecule has 4 aromatic rings. The highest BCUT2D eigenvalue weighted by Gasteiger charge is 2.28. The van der Waals surface area contributed by atoms with E-state index in [1.807, 2.05) is 12.4 Å². The van der Waals surface area contributed by atoms with Crippen molar-refractivity contribution in [2.45, 2.75) is 46.0 Å². The Bertz CT molecular complexity index is 1420. The number of fused-ring (bicyclic) bond motifs is 1. The summed E-state index contributed by atoms with van der Waals surface area (Å²) in [5.74, 6) is 1.12. The minimum Gasteiger partial charge on any atom is -0.448 e. The minimum absolute atomic E-state index is 0.167. The summed E-state index contributed by atoms with van der Waals surface area (Å²) in [5, 5.41) is 6.90. The molecule has 0 radical (unpaired) electrons. The largest absolute Gasteiger partial charge is 0.448 e. The molecule has 2 N–H and O–H groups in total. The van der Waals surface area contributed by atoms with E-state index in [1.165, 1.54) is 38.0 Å². The number of hydrogen-bond acceptors (Lipinski definition) is 4. The molecule has 0 spiro atoms. The summed E-state index contributed by atoms with van der Waals surface area (Å²) < 4.78 is 5.16. The lowest BCUT2D eigenvalue weighted by molar-refractivity contribution is 0.163. The number of nitrogens with one attached hydrogen (secondary N) is 2. The molecule has 38 heavy (non-hydrogen) atoms. The van der Waals surface area contributed by atoms with Crippen molar-refractivity contribution in [3.05, 3.63) is 76.4 Å². The number of likely N-dealkylation sites (tertiary alicyclic amines) is 1. The molecule has 1 aromatic carbocycles. The van der Waals surface area contributed by atoms with Crippen molar-refractivity contribution in [1.29, 1.82) is 0 Å². The number of aromatic nitrogens is 2. The van der Waals surface area contributed by atoms with E-state index in [2.05, 4.69) is 87.7 Å². The number of guanidine groups is 1. The normalized spacial score (nSPS) is 16.7. The van der Waals surface area contributed by atoms with Gasteiger partial charge in [0.25, 0.3) is 0 Å². The number of ether oxygens (including phenoxy) is 1. The van der Waals surface area contributed by atoms with Crippen molar-refractivity contribution in [2.75, 3.05) is 26.2 Å². The molecule has 1 fully saturated rings. The number of aromatic amines is 1. The van der Waals surface area contributed by atoms with Gasteiger partial charge < -0.3 is 19.9 Å². The highest BCUT2D eigenvalue weighted by molar-refractivity contribution is 7.16. The standard InChI is InChI=1S/C30H35N5O2S/c1-5-37-30(36)34-29(35-12-8-23(18-35)22-6-10-31-11-7-22)32-17-21(4)26-25-9-13-38-28(25)33-27(26)24-15-19(2)14-20(3)16-24/h6-7,9-11,13-16,21,23,33H,5,8,12,17-18H2,1-4H3,(H,32,34,36)/t21-,23?/m1/s1. The number of nitrogens with zero attached hydrogens (tertiary/aromatic N) is 3. The number of aliphatic imine (C=N–C) groups is 1. The van der Waals surface area contributed by atoms with E-state index >= 15 is 0 Å². The number of thiophene rings is 1. The Balaban J connectivity index is 1.39. The Morgan fingerprint density at radius 1 is 1.24 bits per heavy atom. The molecule has 1 aliphatic heterocycles. The zero-order chi connectivity index (χ0) is 26.6. The van der Waals surface area contributed by atoms with Crippen molar-refractivity contribution in [1.82, 2.24) is 20.2 Å². The Labute approximate surface area is 228 Å². The minimum atomic E-state index is -0.562. The fraction of sp³-hybridized carbons (Fsp3) is 0.367. The van der Waals surface area contributed by atoms with Crippen LogP contribution in [0.3, 0.4) is 0 Å². The lowest BCUT2D eigenvalue weighted by atomic mass is 9.94. The van der Waals surface area contributed by atoms with Gasteiger partial charge in [0.15, 0.2) is 0 Å². The number of carbonyl (C=O) groups excluding carboxylic acids is 1. The number of benzene rings is 1. The summed E-state index contributed by atoms with van der Waals surface area (Å²) in [7, 11) is 0. The van der Waals surface area contributed by atoms with Gasteiger partial charge in [-0.25, -0.2) is 4.79 Å². The van der Waals surface area contributed by atoms with Crippen molar-refractivity contribution in [2.24, 2.45) is 4.99 Å². The molecule has 3 aromatic heterocycles. The third-order valence-electron chi connectivity index (χ3n) is 7.16. The van der Waals surface area contributed by atoms with Crippen LogP contribution in [0.4, 0.5) is 4.79 Å². The lowest BCUT2D eigenvalue weighted by Crippen LogP contribution is -2.42. The molecule has 198 valence electrons. The first-order valence-corrected chi connectivity index (χ1v) is 14.1. The Hall–Kier alpha value is -3.65. The van der Waals surface area contributed by atoms with Gasteiger partial charge in [0.1, 0.15) is 4.83 Å². The predicted octanol–water partition coefficient (Wildman–Crippen LogP) is 6.60. The van der Waals surface area contributed by atoms with Crippen molar-refractivity contribution in [3.8, 4) is 11.3 Å². The summed E-state index contributed by atoms with van der Waals surface area (Å²) in [6.07, 6.45) is 4.10. The van der Waals surface area contributed by atoms with Crippen molar-refractivity contribution < 1.29 is 9.53 Å².